The molecule has 0 spiro atoms. The average molecular weight is 285 g/mol. The Kier molecular flexibility index (Phi) is 8.18. The van der Waals surface area contributed by atoms with Gasteiger partial charge >= 0.3 is 0 Å². The summed E-state index contributed by atoms with van der Waals surface area (Å²) in [5.74, 6) is 0.0734. The van der Waals surface area contributed by atoms with Gasteiger partial charge in [0, 0.05) is 19.2 Å². The van der Waals surface area contributed by atoms with Crippen molar-refractivity contribution in [3.8, 4) is 5.75 Å². The Hall–Kier alpha value is -1.17. The van der Waals surface area contributed by atoms with Gasteiger partial charge in [-0.05, 0) is 31.2 Å². The van der Waals surface area contributed by atoms with Crippen molar-refractivity contribution in [1.29, 1.82) is 0 Å². The molecule has 4 nitrogen and oxygen atoms in total. The lowest BCUT2D eigenvalue weighted by Crippen LogP contribution is -2.23. The van der Waals surface area contributed by atoms with Crippen molar-refractivity contribution in [3.05, 3.63) is 29.6 Å². The van der Waals surface area contributed by atoms with E-state index < -0.39 is 6.10 Å². The highest BCUT2D eigenvalue weighted by molar-refractivity contribution is 5.29. The standard InChI is InChI=1S/C15H24FNO3/c1-3-4-5-19-10-14(18)11-20-15-7-12(9-17-2)6-13(16)8-15/h6-8,14,17-18H,3-5,9-11H2,1-2H3. The Morgan fingerprint density at radius 3 is 2.80 bits per heavy atom. The largest absolute Gasteiger partial charge is 0.491 e. The fourth-order valence-corrected chi connectivity index (χ4v) is 1.72. The zero-order valence-corrected chi connectivity index (χ0v) is 12.2. The smallest absolute Gasteiger partial charge is 0.127 e. The molecule has 1 aromatic carbocycles. The highest BCUT2D eigenvalue weighted by Gasteiger charge is 2.07. The number of unbranched alkanes of at least 4 members (excludes halogenated alkanes) is 1. The van der Waals surface area contributed by atoms with E-state index in [0.29, 0.717) is 18.9 Å². The lowest BCUT2D eigenvalue weighted by molar-refractivity contribution is 0.0112. The minimum Gasteiger partial charge on any atom is -0.491 e. The molecule has 0 aliphatic carbocycles. The first-order valence-electron chi connectivity index (χ1n) is 6.98. The van der Waals surface area contributed by atoms with E-state index in [2.05, 4.69) is 12.2 Å². The number of aliphatic hydroxyl groups excluding tert-OH is 1. The highest BCUT2D eigenvalue weighted by atomic mass is 19.1. The molecule has 0 aliphatic heterocycles. The topological polar surface area (TPSA) is 50.7 Å². The highest BCUT2D eigenvalue weighted by Crippen LogP contribution is 2.16. The molecule has 0 radical (unpaired) electrons. The molecule has 1 unspecified atom stereocenters. The SMILES string of the molecule is CCCCOCC(O)COc1cc(F)cc(CNC)c1. The van der Waals surface area contributed by atoms with E-state index in [4.69, 9.17) is 9.47 Å². The van der Waals surface area contributed by atoms with Gasteiger partial charge in [0.1, 0.15) is 24.3 Å². The first-order chi connectivity index (χ1) is 9.65. The quantitative estimate of drug-likeness (QED) is 0.646. The van der Waals surface area contributed by atoms with Crippen LogP contribution in [0.4, 0.5) is 4.39 Å². The molecule has 0 aromatic heterocycles. The third kappa shape index (κ3) is 6.84. The van der Waals surface area contributed by atoms with Gasteiger partial charge in [0.25, 0.3) is 0 Å². The second-order valence-electron chi connectivity index (χ2n) is 4.72. The molecule has 0 amide bonds. The minimum atomic E-state index is -0.706. The maximum Gasteiger partial charge on any atom is 0.127 e. The van der Waals surface area contributed by atoms with Crippen molar-refractivity contribution in [2.45, 2.75) is 32.4 Å². The maximum absolute atomic E-state index is 13.4. The molecular weight excluding hydrogens is 261 g/mol. The van der Waals surface area contributed by atoms with E-state index in [1.165, 1.54) is 12.1 Å². The summed E-state index contributed by atoms with van der Waals surface area (Å²) in [6, 6.07) is 4.52. The van der Waals surface area contributed by atoms with Gasteiger partial charge in [0.2, 0.25) is 0 Å². The van der Waals surface area contributed by atoms with Crippen molar-refractivity contribution < 1.29 is 19.0 Å². The van der Waals surface area contributed by atoms with Crippen LogP contribution in [0.25, 0.3) is 0 Å². The normalized spacial score (nSPS) is 12.4. The summed E-state index contributed by atoms with van der Waals surface area (Å²) in [7, 11) is 1.79. The molecule has 5 heteroatoms. The Morgan fingerprint density at radius 1 is 1.30 bits per heavy atom. The fourth-order valence-electron chi connectivity index (χ4n) is 1.72. The van der Waals surface area contributed by atoms with E-state index in [-0.39, 0.29) is 19.0 Å². The van der Waals surface area contributed by atoms with Crippen LogP contribution in [0.15, 0.2) is 18.2 Å². The van der Waals surface area contributed by atoms with E-state index in [9.17, 15) is 9.50 Å². The van der Waals surface area contributed by atoms with Crippen LogP contribution in [0, 0.1) is 5.82 Å². The third-order valence-electron chi connectivity index (χ3n) is 2.71. The van der Waals surface area contributed by atoms with Crippen LogP contribution in [0.3, 0.4) is 0 Å². The molecule has 0 saturated heterocycles. The predicted octanol–water partition coefficient (Wildman–Crippen LogP) is 2.10. The molecule has 114 valence electrons. The third-order valence-corrected chi connectivity index (χ3v) is 2.71. The lowest BCUT2D eigenvalue weighted by atomic mass is 10.2. The zero-order chi connectivity index (χ0) is 14.8. The molecule has 1 rings (SSSR count). The molecule has 0 bridgehead atoms. The van der Waals surface area contributed by atoms with Gasteiger partial charge in [0.05, 0.1) is 6.61 Å². The molecule has 1 aromatic rings. The van der Waals surface area contributed by atoms with Crippen LogP contribution in [-0.2, 0) is 11.3 Å². The summed E-state index contributed by atoms with van der Waals surface area (Å²) in [5.41, 5.74) is 0.802. The summed E-state index contributed by atoms with van der Waals surface area (Å²) in [6.07, 6.45) is 1.33. The lowest BCUT2D eigenvalue weighted by Gasteiger charge is -2.13. The van der Waals surface area contributed by atoms with Crippen LogP contribution in [-0.4, -0.2) is 38.1 Å². The Bertz CT molecular complexity index is 387. The van der Waals surface area contributed by atoms with E-state index in [1.807, 2.05) is 0 Å². The molecule has 0 heterocycles. The van der Waals surface area contributed by atoms with Crippen molar-refractivity contribution in [2.24, 2.45) is 0 Å². The van der Waals surface area contributed by atoms with Gasteiger partial charge in [-0.3, -0.25) is 0 Å². The van der Waals surface area contributed by atoms with Gasteiger partial charge in [-0.15, -0.1) is 0 Å². The van der Waals surface area contributed by atoms with Crippen molar-refractivity contribution in [1.82, 2.24) is 5.32 Å². The summed E-state index contributed by atoms with van der Waals surface area (Å²) in [5, 5.41) is 12.6. The molecule has 20 heavy (non-hydrogen) atoms. The summed E-state index contributed by atoms with van der Waals surface area (Å²) in [4.78, 5) is 0. The van der Waals surface area contributed by atoms with Crippen LogP contribution < -0.4 is 10.1 Å². The first-order valence-corrected chi connectivity index (χ1v) is 6.98. The second kappa shape index (κ2) is 9.69. The van der Waals surface area contributed by atoms with Crippen LogP contribution in [0.2, 0.25) is 0 Å². The van der Waals surface area contributed by atoms with Crippen LogP contribution in [0.5, 0.6) is 5.75 Å². The van der Waals surface area contributed by atoms with Gasteiger partial charge in [-0.2, -0.15) is 0 Å². The monoisotopic (exact) mass is 285 g/mol. The first kappa shape index (κ1) is 16.9. The minimum absolute atomic E-state index is 0.0918. The molecule has 0 saturated carbocycles. The van der Waals surface area contributed by atoms with Gasteiger partial charge in [0.15, 0.2) is 0 Å². The molecular formula is C15H24FNO3. The number of benzene rings is 1. The fraction of sp³-hybridized carbons (Fsp3) is 0.600. The van der Waals surface area contributed by atoms with Crippen molar-refractivity contribution in [3.63, 3.8) is 0 Å². The maximum atomic E-state index is 13.4. The number of hydrogen-bond acceptors (Lipinski definition) is 4. The van der Waals surface area contributed by atoms with E-state index in [1.54, 1.807) is 13.1 Å². The summed E-state index contributed by atoms with van der Waals surface area (Å²) < 4.78 is 24.1. The Morgan fingerprint density at radius 2 is 2.10 bits per heavy atom. The number of ether oxygens (including phenoxy) is 2. The number of aliphatic hydroxyl groups is 1. The van der Waals surface area contributed by atoms with Crippen molar-refractivity contribution in [2.75, 3.05) is 26.9 Å². The van der Waals surface area contributed by atoms with E-state index >= 15 is 0 Å². The molecule has 0 fully saturated rings. The summed E-state index contributed by atoms with van der Waals surface area (Å²) in [6.45, 7) is 3.61. The second-order valence-corrected chi connectivity index (χ2v) is 4.72. The molecule has 2 N–H and O–H groups in total. The van der Waals surface area contributed by atoms with Gasteiger partial charge < -0.3 is 19.9 Å². The van der Waals surface area contributed by atoms with Gasteiger partial charge in [-0.25, -0.2) is 4.39 Å². The number of hydrogen-bond donors (Lipinski definition) is 2. The van der Waals surface area contributed by atoms with Gasteiger partial charge in [-0.1, -0.05) is 13.3 Å². The number of halogens is 1. The van der Waals surface area contributed by atoms with E-state index in [0.717, 1.165) is 18.4 Å². The Balaban J connectivity index is 2.36. The van der Waals surface area contributed by atoms with Crippen LogP contribution >= 0.6 is 0 Å². The predicted molar refractivity (Wildman–Crippen MR) is 76.4 cm³/mol. The van der Waals surface area contributed by atoms with Crippen LogP contribution in [0.1, 0.15) is 25.3 Å². The summed E-state index contributed by atoms with van der Waals surface area (Å²) >= 11 is 0. The molecule has 0 aliphatic rings. The number of nitrogens with one attached hydrogen (secondary N) is 1. The van der Waals surface area contributed by atoms with Crippen molar-refractivity contribution >= 4 is 0 Å². The molecule has 1 atom stereocenters. The number of rotatable bonds is 10. The Labute approximate surface area is 119 Å². The average Bonchev–Trinajstić information content (AvgIpc) is 2.41. The zero-order valence-electron chi connectivity index (χ0n) is 12.2.